The number of nitrogens with zero attached hydrogens (tertiary/aromatic N) is 2. The van der Waals surface area contributed by atoms with Crippen LogP contribution in [0.1, 0.15) is 36.0 Å². The Hall–Kier alpha value is -1.93. The molecule has 0 aliphatic carbocycles. The SMILES string of the molecule is CN(C)C(=O)[C@H]1CCCN1CCCNC(=O)CCNC(=O)c1ccc(Br)cc1. The van der Waals surface area contributed by atoms with E-state index in [2.05, 4.69) is 31.5 Å². The molecule has 1 aliphatic rings. The zero-order valence-electron chi connectivity index (χ0n) is 16.5. The summed E-state index contributed by atoms with van der Waals surface area (Å²) in [6.45, 7) is 2.59. The molecular weight excluding hydrogens is 424 g/mol. The van der Waals surface area contributed by atoms with Crippen LogP contribution in [-0.4, -0.2) is 73.8 Å². The number of amides is 3. The van der Waals surface area contributed by atoms with Crippen molar-refractivity contribution >= 4 is 33.7 Å². The Morgan fingerprint density at radius 3 is 2.54 bits per heavy atom. The number of carbonyl (C=O) groups excluding carboxylic acids is 3. The highest BCUT2D eigenvalue weighted by atomic mass is 79.9. The van der Waals surface area contributed by atoms with Crippen molar-refractivity contribution in [2.24, 2.45) is 0 Å². The zero-order chi connectivity index (χ0) is 20.5. The number of halogens is 1. The molecule has 0 spiro atoms. The van der Waals surface area contributed by atoms with E-state index in [-0.39, 0.29) is 30.2 Å². The van der Waals surface area contributed by atoms with Gasteiger partial charge in [-0.25, -0.2) is 0 Å². The summed E-state index contributed by atoms with van der Waals surface area (Å²) in [6.07, 6.45) is 2.98. The number of rotatable bonds is 9. The molecule has 1 fully saturated rings. The summed E-state index contributed by atoms with van der Waals surface area (Å²) >= 11 is 3.33. The van der Waals surface area contributed by atoms with Gasteiger partial charge in [-0.05, 0) is 50.1 Å². The summed E-state index contributed by atoms with van der Waals surface area (Å²) in [5, 5.41) is 5.62. The molecule has 0 saturated carbocycles. The summed E-state index contributed by atoms with van der Waals surface area (Å²) in [5.74, 6) is -0.118. The van der Waals surface area contributed by atoms with Crippen LogP contribution in [0.4, 0.5) is 0 Å². The molecule has 7 nitrogen and oxygen atoms in total. The molecule has 28 heavy (non-hydrogen) atoms. The zero-order valence-corrected chi connectivity index (χ0v) is 18.1. The van der Waals surface area contributed by atoms with Gasteiger partial charge in [0.25, 0.3) is 5.91 Å². The monoisotopic (exact) mass is 452 g/mol. The number of hydrogen-bond donors (Lipinski definition) is 2. The first-order valence-corrected chi connectivity index (χ1v) is 10.4. The van der Waals surface area contributed by atoms with Gasteiger partial charge in [0.1, 0.15) is 0 Å². The second kappa shape index (κ2) is 11.2. The molecule has 1 aromatic rings. The third kappa shape index (κ3) is 6.91. The molecule has 1 aromatic carbocycles. The highest BCUT2D eigenvalue weighted by Gasteiger charge is 2.30. The van der Waals surface area contributed by atoms with Gasteiger partial charge in [-0.3, -0.25) is 19.3 Å². The van der Waals surface area contributed by atoms with Crippen LogP contribution in [0, 0.1) is 0 Å². The molecule has 3 amide bonds. The van der Waals surface area contributed by atoms with Crippen molar-refractivity contribution in [1.29, 1.82) is 0 Å². The second-order valence-corrected chi connectivity index (χ2v) is 8.06. The first kappa shape index (κ1) is 22.4. The van der Waals surface area contributed by atoms with Crippen LogP contribution >= 0.6 is 15.9 Å². The lowest BCUT2D eigenvalue weighted by Crippen LogP contribution is -2.43. The van der Waals surface area contributed by atoms with Crippen LogP contribution < -0.4 is 10.6 Å². The molecule has 1 heterocycles. The molecule has 1 saturated heterocycles. The van der Waals surface area contributed by atoms with Crippen LogP contribution in [0.2, 0.25) is 0 Å². The molecular formula is C20H29BrN4O3. The summed E-state index contributed by atoms with van der Waals surface area (Å²) in [6, 6.07) is 7.04. The Balaban J connectivity index is 1.59. The van der Waals surface area contributed by atoms with Crippen molar-refractivity contribution < 1.29 is 14.4 Å². The van der Waals surface area contributed by atoms with Crippen molar-refractivity contribution in [2.45, 2.75) is 31.7 Å². The van der Waals surface area contributed by atoms with E-state index in [4.69, 9.17) is 0 Å². The van der Waals surface area contributed by atoms with E-state index in [0.717, 1.165) is 36.8 Å². The number of likely N-dealkylation sites (tertiary alicyclic amines) is 1. The predicted molar refractivity (Wildman–Crippen MR) is 112 cm³/mol. The molecule has 0 aromatic heterocycles. The maximum atomic E-state index is 12.2. The normalized spacial score (nSPS) is 16.6. The summed E-state index contributed by atoms with van der Waals surface area (Å²) < 4.78 is 0.912. The third-order valence-electron chi connectivity index (χ3n) is 4.78. The summed E-state index contributed by atoms with van der Waals surface area (Å²) in [5.41, 5.74) is 0.566. The summed E-state index contributed by atoms with van der Waals surface area (Å²) in [7, 11) is 3.57. The fourth-order valence-corrected chi connectivity index (χ4v) is 3.53. The fraction of sp³-hybridized carbons (Fsp3) is 0.550. The van der Waals surface area contributed by atoms with Crippen molar-refractivity contribution in [3.63, 3.8) is 0 Å². The number of carbonyl (C=O) groups is 3. The molecule has 0 bridgehead atoms. The molecule has 1 atom stereocenters. The fourth-order valence-electron chi connectivity index (χ4n) is 3.26. The van der Waals surface area contributed by atoms with E-state index in [1.54, 1.807) is 43.3 Å². The molecule has 154 valence electrons. The lowest BCUT2D eigenvalue weighted by Gasteiger charge is -2.26. The number of likely N-dealkylation sites (N-methyl/N-ethyl adjacent to an activating group) is 1. The highest BCUT2D eigenvalue weighted by molar-refractivity contribution is 9.10. The minimum absolute atomic E-state index is 0.0282. The Kier molecular flexibility index (Phi) is 8.92. The van der Waals surface area contributed by atoms with Crippen molar-refractivity contribution in [2.75, 3.05) is 40.3 Å². The van der Waals surface area contributed by atoms with Gasteiger partial charge in [-0.2, -0.15) is 0 Å². The molecule has 2 N–H and O–H groups in total. The highest BCUT2D eigenvalue weighted by Crippen LogP contribution is 2.18. The Bertz CT molecular complexity index is 679. The topological polar surface area (TPSA) is 81.8 Å². The smallest absolute Gasteiger partial charge is 0.251 e. The Labute approximate surface area is 175 Å². The van der Waals surface area contributed by atoms with Crippen LogP contribution in [-0.2, 0) is 9.59 Å². The largest absolute Gasteiger partial charge is 0.356 e. The maximum Gasteiger partial charge on any atom is 0.251 e. The maximum absolute atomic E-state index is 12.2. The molecule has 0 radical (unpaired) electrons. The molecule has 1 aliphatic heterocycles. The predicted octanol–water partition coefficient (Wildman–Crippen LogP) is 1.63. The van der Waals surface area contributed by atoms with Crippen molar-refractivity contribution in [3.05, 3.63) is 34.3 Å². The Morgan fingerprint density at radius 1 is 1.14 bits per heavy atom. The van der Waals surface area contributed by atoms with E-state index in [1.807, 2.05) is 0 Å². The van der Waals surface area contributed by atoms with Gasteiger partial charge in [-0.1, -0.05) is 15.9 Å². The Morgan fingerprint density at radius 2 is 1.86 bits per heavy atom. The third-order valence-corrected chi connectivity index (χ3v) is 5.31. The van der Waals surface area contributed by atoms with E-state index in [1.165, 1.54) is 0 Å². The summed E-state index contributed by atoms with van der Waals surface area (Å²) in [4.78, 5) is 39.9. The van der Waals surface area contributed by atoms with Gasteiger partial charge in [-0.15, -0.1) is 0 Å². The van der Waals surface area contributed by atoms with E-state index in [0.29, 0.717) is 18.7 Å². The minimum Gasteiger partial charge on any atom is -0.356 e. The van der Waals surface area contributed by atoms with Crippen molar-refractivity contribution in [1.82, 2.24) is 20.4 Å². The van der Waals surface area contributed by atoms with Gasteiger partial charge < -0.3 is 15.5 Å². The van der Waals surface area contributed by atoms with Crippen molar-refractivity contribution in [3.8, 4) is 0 Å². The lowest BCUT2D eigenvalue weighted by atomic mass is 10.2. The minimum atomic E-state index is -0.189. The number of benzene rings is 1. The number of nitrogens with one attached hydrogen (secondary N) is 2. The van der Waals surface area contributed by atoms with E-state index >= 15 is 0 Å². The first-order valence-electron chi connectivity index (χ1n) is 9.64. The second-order valence-electron chi connectivity index (χ2n) is 7.14. The van der Waals surface area contributed by atoms with Crippen LogP contribution in [0.3, 0.4) is 0 Å². The molecule has 2 rings (SSSR count). The van der Waals surface area contributed by atoms with Gasteiger partial charge >= 0.3 is 0 Å². The number of hydrogen-bond acceptors (Lipinski definition) is 4. The van der Waals surface area contributed by atoms with Crippen LogP contribution in [0.25, 0.3) is 0 Å². The average Bonchev–Trinajstić information content (AvgIpc) is 3.13. The van der Waals surface area contributed by atoms with Gasteiger partial charge in [0.05, 0.1) is 6.04 Å². The van der Waals surface area contributed by atoms with E-state index in [9.17, 15) is 14.4 Å². The first-order chi connectivity index (χ1) is 13.4. The average molecular weight is 453 g/mol. The lowest BCUT2D eigenvalue weighted by molar-refractivity contribution is -0.133. The quantitative estimate of drug-likeness (QED) is 0.557. The van der Waals surface area contributed by atoms with Gasteiger partial charge in [0.2, 0.25) is 11.8 Å². The van der Waals surface area contributed by atoms with Gasteiger partial charge in [0.15, 0.2) is 0 Å². The molecule has 0 unspecified atom stereocenters. The molecule has 8 heteroatoms. The van der Waals surface area contributed by atoms with Gasteiger partial charge in [0, 0.05) is 50.2 Å². The standard InChI is InChI=1S/C20H29BrN4O3/c1-24(2)20(28)17-5-3-13-25(17)14-4-11-22-18(26)10-12-23-19(27)15-6-8-16(21)9-7-15/h6-9,17H,3-5,10-14H2,1-2H3,(H,22,26)(H,23,27)/t17-/m1/s1. The van der Waals surface area contributed by atoms with Crippen LogP contribution in [0.15, 0.2) is 28.7 Å². The van der Waals surface area contributed by atoms with E-state index < -0.39 is 0 Å². The van der Waals surface area contributed by atoms with Crippen LogP contribution in [0.5, 0.6) is 0 Å².